The lowest BCUT2D eigenvalue weighted by Crippen LogP contribution is -2.43. The molecule has 0 atom stereocenters. The molecule has 0 unspecified atom stereocenters. The first-order valence-corrected chi connectivity index (χ1v) is 8.38. The Morgan fingerprint density at radius 3 is 2.67 bits per heavy atom. The standard InChI is InChI=1S/C20H22N2O2/c1-21-14-20(10-11-20)22(13-15-6-5-7-16(12-15)24-2)18-9-4-3-8-17(18)19(21)23/h3-9,12H,10-11,13-14H2,1-2H3. The lowest BCUT2D eigenvalue weighted by molar-refractivity contribution is 0.0790. The van der Waals surface area contributed by atoms with E-state index >= 15 is 0 Å². The first-order valence-electron chi connectivity index (χ1n) is 8.38. The van der Waals surface area contributed by atoms with Crippen LogP contribution in [0.1, 0.15) is 28.8 Å². The van der Waals surface area contributed by atoms with Crippen LogP contribution in [0.4, 0.5) is 5.69 Å². The van der Waals surface area contributed by atoms with E-state index in [1.165, 1.54) is 5.56 Å². The number of amides is 1. The summed E-state index contributed by atoms with van der Waals surface area (Å²) in [6.45, 7) is 1.57. The summed E-state index contributed by atoms with van der Waals surface area (Å²) in [4.78, 5) is 17.0. The molecule has 1 fully saturated rings. The van der Waals surface area contributed by atoms with Crippen LogP contribution >= 0.6 is 0 Å². The molecule has 0 bridgehead atoms. The van der Waals surface area contributed by atoms with Crippen LogP contribution < -0.4 is 9.64 Å². The normalized spacial score (nSPS) is 18.3. The second-order valence-corrected chi connectivity index (χ2v) is 6.84. The Morgan fingerprint density at radius 1 is 1.12 bits per heavy atom. The van der Waals surface area contributed by atoms with Crippen LogP contribution in [0.15, 0.2) is 48.5 Å². The fraction of sp³-hybridized carbons (Fsp3) is 0.350. The predicted octanol–water partition coefficient (Wildman–Crippen LogP) is 3.32. The van der Waals surface area contributed by atoms with Crippen molar-refractivity contribution in [3.8, 4) is 5.75 Å². The minimum Gasteiger partial charge on any atom is -0.497 e. The largest absolute Gasteiger partial charge is 0.497 e. The Morgan fingerprint density at radius 2 is 1.92 bits per heavy atom. The van der Waals surface area contributed by atoms with Gasteiger partial charge in [-0.15, -0.1) is 0 Å². The molecule has 2 aromatic carbocycles. The molecule has 1 aliphatic heterocycles. The van der Waals surface area contributed by atoms with Gasteiger partial charge in [0.05, 0.1) is 23.9 Å². The van der Waals surface area contributed by atoms with Gasteiger partial charge in [-0.2, -0.15) is 0 Å². The van der Waals surface area contributed by atoms with Crippen LogP contribution in [-0.2, 0) is 6.54 Å². The van der Waals surface area contributed by atoms with Crippen LogP contribution in [0.5, 0.6) is 5.75 Å². The van der Waals surface area contributed by atoms with Crippen molar-refractivity contribution in [3.63, 3.8) is 0 Å². The number of hydrogen-bond donors (Lipinski definition) is 0. The molecule has 1 saturated carbocycles. The molecule has 4 heteroatoms. The molecule has 1 spiro atoms. The number of carbonyl (C=O) groups excluding carboxylic acids is 1. The van der Waals surface area contributed by atoms with Crippen molar-refractivity contribution in [2.45, 2.75) is 24.9 Å². The summed E-state index contributed by atoms with van der Waals surface area (Å²) in [5.74, 6) is 0.985. The van der Waals surface area contributed by atoms with Gasteiger partial charge in [0.15, 0.2) is 0 Å². The molecule has 1 aliphatic carbocycles. The number of methoxy groups -OCH3 is 1. The highest BCUT2D eigenvalue weighted by Gasteiger charge is 2.51. The summed E-state index contributed by atoms with van der Waals surface area (Å²) >= 11 is 0. The Labute approximate surface area is 142 Å². The van der Waals surface area contributed by atoms with Gasteiger partial charge in [0.1, 0.15) is 5.75 Å². The SMILES string of the molecule is COc1cccc(CN2c3ccccc3C(=O)N(C)CC23CC3)c1. The monoisotopic (exact) mass is 322 g/mol. The number of fused-ring (bicyclic) bond motifs is 1. The van der Waals surface area contributed by atoms with Gasteiger partial charge in [0.2, 0.25) is 0 Å². The maximum absolute atomic E-state index is 12.7. The van der Waals surface area contributed by atoms with Crippen LogP contribution in [0.2, 0.25) is 0 Å². The van der Waals surface area contributed by atoms with Gasteiger partial charge in [-0.05, 0) is 42.7 Å². The van der Waals surface area contributed by atoms with Gasteiger partial charge in [0.25, 0.3) is 5.91 Å². The van der Waals surface area contributed by atoms with Crippen molar-refractivity contribution >= 4 is 11.6 Å². The van der Waals surface area contributed by atoms with Crippen LogP contribution in [0.3, 0.4) is 0 Å². The van der Waals surface area contributed by atoms with Crippen molar-refractivity contribution in [1.82, 2.24) is 4.90 Å². The zero-order valence-electron chi connectivity index (χ0n) is 14.2. The third-order valence-electron chi connectivity index (χ3n) is 5.18. The minimum atomic E-state index is 0.0695. The molecule has 4 nitrogen and oxygen atoms in total. The molecule has 124 valence electrons. The third-order valence-corrected chi connectivity index (χ3v) is 5.18. The maximum Gasteiger partial charge on any atom is 0.255 e. The second kappa shape index (κ2) is 5.55. The number of anilines is 1. The molecule has 2 aromatic rings. The number of benzene rings is 2. The Bertz CT molecular complexity index is 783. The Hall–Kier alpha value is -2.49. The number of rotatable bonds is 3. The van der Waals surface area contributed by atoms with Crippen LogP contribution in [-0.4, -0.2) is 37.0 Å². The zero-order chi connectivity index (χ0) is 16.7. The molecule has 2 aliphatic rings. The molecule has 24 heavy (non-hydrogen) atoms. The number of likely N-dealkylation sites (N-methyl/N-ethyl adjacent to an activating group) is 1. The summed E-state index contributed by atoms with van der Waals surface area (Å²) in [5, 5.41) is 0. The van der Waals surface area contributed by atoms with Gasteiger partial charge in [0, 0.05) is 20.1 Å². The van der Waals surface area contributed by atoms with Gasteiger partial charge < -0.3 is 14.5 Å². The summed E-state index contributed by atoms with van der Waals surface area (Å²) in [5.41, 5.74) is 3.12. The van der Waals surface area contributed by atoms with E-state index in [0.717, 1.165) is 42.9 Å². The molecule has 1 amide bonds. The average Bonchev–Trinajstić information content (AvgIpc) is 3.39. The Balaban J connectivity index is 1.77. The highest BCUT2D eigenvalue weighted by molar-refractivity contribution is 6.00. The fourth-order valence-corrected chi connectivity index (χ4v) is 3.73. The number of para-hydroxylation sites is 1. The van der Waals surface area contributed by atoms with E-state index in [4.69, 9.17) is 4.74 Å². The number of carbonyl (C=O) groups is 1. The van der Waals surface area contributed by atoms with Crippen LogP contribution in [0, 0.1) is 0 Å². The molecule has 0 saturated heterocycles. The Kier molecular flexibility index (Phi) is 3.48. The van der Waals surface area contributed by atoms with E-state index in [-0.39, 0.29) is 11.4 Å². The first-order chi connectivity index (χ1) is 11.6. The zero-order valence-corrected chi connectivity index (χ0v) is 14.2. The smallest absolute Gasteiger partial charge is 0.255 e. The quantitative estimate of drug-likeness (QED) is 0.869. The highest BCUT2D eigenvalue weighted by Crippen LogP contribution is 2.48. The fourth-order valence-electron chi connectivity index (χ4n) is 3.73. The third kappa shape index (κ3) is 2.42. The van der Waals surface area contributed by atoms with E-state index in [0.29, 0.717) is 0 Å². The van der Waals surface area contributed by atoms with Crippen molar-refractivity contribution in [3.05, 3.63) is 59.7 Å². The lowest BCUT2D eigenvalue weighted by Gasteiger charge is -2.34. The predicted molar refractivity (Wildman–Crippen MR) is 94.5 cm³/mol. The molecular formula is C20H22N2O2. The van der Waals surface area contributed by atoms with E-state index < -0.39 is 0 Å². The van der Waals surface area contributed by atoms with Crippen molar-refractivity contribution < 1.29 is 9.53 Å². The summed E-state index contributed by atoms with van der Waals surface area (Å²) in [6.07, 6.45) is 2.26. The number of nitrogens with zero attached hydrogens (tertiary/aromatic N) is 2. The van der Waals surface area contributed by atoms with Crippen molar-refractivity contribution in [1.29, 1.82) is 0 Å². The van der Waals surface area contributed by atoms with Gasteiger partial charge in [-0.3, -0.25) is 4.79 Å². The lowest BCUT2D eigenvalue weighted by atomic mass is 10.1. The molecular weight excluding hydrogens is 300 g/mol. The van der Waals surface area contributed by atoms with Gasteiger partial charge in [-0.25, -0.2) is 0 Å². The van der Waals surface area contributed by atoms with E-state index in [9.17, 15) is 4.79 Å². The molecule has 0 aromatic heterocycles. The van der Waals surface area contributed by atoms with Gasteiger partial charge >= 0.3 is 0 Å². The number of hydrogen-bond acceptors (Lipinski definition) is 3. The van der Waals surface area contributed by atoms with Gasteiger partial charge in [-0.1, -0.05) is 24.3 Å². The first kappa shape index (κ1) is 15.1. The average molecular weight is 322 g/mol. The molecule has 4 rings (SSSR count). The molecule has 0 radical (unpaired) electrons. The highest BCUT2D eigenvalue weighted by atomic mass is 16.5. The maximum atomic E-state index is 12.7. The molecule has 1 heterocycles. The van der Waals surface area contributed by atoms with Crippen molar-refractivity contribution in [2.24, 2.45) is 0 Å². The summed E-state index contributed by atoms with van der Waals surface area (Å²) < 4.78 is 5.36. The summed E-state index contributed by atoms with van der Waals surface area (Å²) in [6, 6.07) is 16.2. The van der Waals surface area contributed by atoms with Crippen LogP contribution in [0.25, 0.3) is 0 Å². The van der Waals surface area contributed by atoms with E-state index in [2.05, 4.69) is 23.1 Å². The molecule has 0 N–H and O–H groups in total. The summed E-state index contributed by atoms with van der Waals surface area (Å²) in [7, 11) is 3.60. The van der Waals surface area contributed by atoms with E-state index in [1.807, 2.05) is 42.3 Å². The van der Waals surface area contributed by atoms with E-state index in [1.54, 1.807) is 7.11 Å². The minimum absolute atomic E-state index is 0.0695. The number of ether oxygens (including phenoxy) is 1. The topological polar surface area (TPSA) is 32.8 Å². The van der Waals surface area contributed by atoms with Crippen molar-refractivity contribution in [2.75, 3.05) is 25.6 Å². The second-order valence-electron chi connectivity index (χ2n) is 6.84.